The highest BCUT2D eigenvalue weighted by atomic mass is 32.1. The number of rotatable bonds is 2. The monoisotopic (exact) mass is 202 g/mol. The lowest BCUT2D eigenvalue weighted by Crippen LogP contribution is -2.33. The first-order valence-electron chi connectivity index (χ1n) is 4.56. The number of pyridine rings is 1. The van der Waals surface area contributed by atoms with Crippen LogP contribution in [0.5, 0.6) is 0 Å². The first-order chi connectivity index (χ1) is 6.84. The molecular formula is C12H12NS+. The summed E-state index contributed by atoms with van der Waals surface area (Å²) in [5.74, 6) is 0. The Morgan fingerprint density at radius 2 is 1.79 bits per heavy atom. The van der Waals surface area contributed by atoms with Crippen molar-refractivity contribution in [2.75, 3.05) is 0 Å². The Balaban J connectivity index is 2.19. The van der Waals surface area contributed by atoms with Crippen LogP contribution in [0, 0.1) is 0 Å². The Morgan fingerprint density at radius 3 is 2.50 bits per heavy atom. The van der Waals surface area contributed by atoms with Crippen LogP contribution in [0.25, 0.3) is 0 Å². The molecule has 1 aromatic carbocycles. The van der Waals surface area contributed by atoms with E-state index < -0.39 is 0 Å². The average Bonchev–Trinajstić information content (AvgIpc) is 2.19. The predicted octanol–water partition coefficient (Wildman–Crippen LogP) is 2.31. The largest absolute Gasteiger partial charge is 0.200 e. The van der Waals surface area contributed by atoms with Gasteiger partial charge in [0.1, 0.15) is 0 Å². The number of benzene rings is 1. The molecule has 2 rings (SSSR count). The molecule has 2 aromatic rings. The molecule has 0 saturated carbocycles. The van der Waals surface area contributed by atoms with Crippen molar-refractivity contribution < 1.29 is 4.57 Å². The lowest BCUT2D eigenvalue weighted by molar-refractivity contribution is -0.690. The molecule has 0 atom stereocenters. The molecule has 0 radical (unpaired) electrons. The van der Waals surface area contributed by atoms with E-state index in [1.54, 1.807) is 0 Å². The minimum absolute atomic E-state index is 0.898. The normalized spacial score (nSPS) is 10.1. The van der Waals surface area contributed by atoms with Gasteiger partial charge in [0.2, 0.25) is 0 Å². The van der Waals surface area contributed by atoms with Crippen LogP contribution in [0.1, 0.15) is 5.56 Å². The summed E-state index contributed by atoms with van der Waals surface area (Å²) in [4.78, 5) is 0.989. The highest BCUT2D eigenvalue weighted by Gasteiger charge is 2.01. The fraction of sp³-hybridized carbons (Fsp3) is 0.0833. The highest BCUT2D eigenvalue weighted by molar-refractivity contribution is 7.80. The second-order valence-corrected chi connectivity index (χ2v) is 3.74. The maximum atomic E-state index is 4.30. The molecule has 1 aromatic heterocycles. The van der Waals surface area contributed by atoms with Crippen LogP contribution in [-0.4, -0.2) is 0 Å². The van der Waals surface area contributed by atoms with Crippen LogP contribution in [0.3, 0.4) is 0 Å². The number of hydrogen-bond acceptors (Lipinski definition) is 1. The molecule has 1 heterocycles. The van der Waals surface area contributed by atoms with Crippen molar-refractivity contribution in [3.05, 3.63) is 60.4 Å². The summed E-state index contributed by atoms with van der Waals surface area (Å²) in [5.41, 5.74) is 1.30. The molecule has 0 amide bonds. The number of hydrogen-bond donors (Lipinski definition) is 1. The third kappa shape index (κ3) is 2.36. The van der Waals surface area contributed by atoms with Crippen LogP contribution in [0.2, 0.25) is 0 Å². The molecule has 1 nitrogen and oxygen atoms in total. The van der Waals surface area contributed by atoms with Crippen LogP contribution in [-0.2, 0) is 6.54 Å². The van der Waals surface area contributed by atoms with Crippen molar-refractivity contribution in [2.45, 2.75) is 11.4 Å². The van der Waals surface area contributed by atoms with Gasteiger partial charge in [0.05, 0.1) is 4.90 Å². The third-order valence-corrected chi connectivity index (χ3v) is 2.32. The second-order valence-electron chi connectivity index (χ2n) is 3.22. The molecular weight excluding hydrogens is 190 g/mol. The summed E-state index contributed by atoms with van der Waals surface area (Å²) in [5, 5.41) is 0. The Hall–Kier alpha value is -1.28. The topological polar surface area (TPSA) is 3.88 Å². The predicted molar refractivity (Wildman–Crippen MR) is 59.4 cm³/mol. The minimum Gasteiger partial charge on any atom is -0.200 e. The van der Waals surface area contributed by atoms with Gasteiger partial charge in [-0.25, -0.2) is 0 Å². The summed E-state index contributed by atoms with van der Waals surface area (Å²) in [6.07, 6.45) is 4.07. The van der Waals surface area contributed by atoms with E-state index in [-0.39, 0.29) is 0 Å². The van der Waals surface area contributed by atoms with E-state index in [9.17, 15) is 0 Å². The molecule has 70 valence electrons. The van der Waals surface area contributed by atoms with E-state index in [1.165, 1.54) is 5.56 Å². The Labute approximate surface area is 89.4 Å². The summed E-state index contributed by atoms with van der Waals surface area (Å²) in [6.45, 7) is 0.898. The molecule has 0 bridgehead atoms. The van der Waals surface area contributed by atoms with Gasteiger partial charge in [-0.15, -0.1) is 12.6 Å². The van der Waals surface area contributed by atoms with Crippen LogP contribution < -0.4 is 4.57 Å². The summed E-state index contributed by atoms with van der Waals surface area (Å²) >= 11 is 4.30. The molecule has 14 heavy (non-hydrogen) atoms. The van der Waals surface area contributed by atoms with E-state index in [1.807, 2.05) is 30.6 Å². The second kappa shape index (κ2) is 4.29. The van der Waals surface area contributed by atoms with E-state index in [0.717, 1.165) is 11.4 Å². The van der Waals surface area contributed by atoms with E-state index >= 15 is 0 Å². The standard InChI is InChI=1S/C12H11NS/c14-12-7-4-8-13(10-12)9-11-5-2-1-3-6-11/h1-8,10H,9H2/p+1. The van der Waals surface area contributed by atoms with Crippen LogP contribution >= 0.6 is 12.6 Å². The van der Waals surface area contributed by atoms with Gasteiger partial charge in [-0.2, -0.15) is 4.57 Å². The van der Waals surface area contributed by atoms with E-state index in [2.05, 4.69) is 41.5 Å². The van der Waals surface area contributed by atoms with Crippen LogP contribution in [0.15, 0.2) is 59.8 Å². The maximum absolute atomic E-state index is 4.30. The van der Waals surface area contributed by atoms with Crippen molar-refractivity contribution in [1.29, 1.82) is 0 Å². The molecule has 0 saturated heterocycles. The van der Waals surface area contributed by atoms with Gasteiger partial charge < -0.3 is 0 Å². The molecule has 0 spiro atoms. The minimum atomic E-state index is 0.898. The molecule has 0 aliphatic rings. The van der Waals surface area contributed by atoms with Crippen molar-refractivity contribution in [2.24, 2.45) is 0 Å². The number of nitrogens with zero attached hydrogens (tertiary/aromatic N) is 1. The number of aromatic nitrogens is 1. The van der Waals surface area contributed by atoms with Crippen molar-refractivity contribution in [3.8, 4) is 0 Å². The Morgan fingerprint density at radius 1 is 1.00 bits per heavy atom. The first-order valence-corrected chi connectivity index (χ1v) is 5.01. The van der Waals surface area contributed by atoms with Gasteiger partial charge in [-0.05, 0) is 6.07 Å². The van der Waals surface area contributed by atoms with Gasteiger partial charge in [0.25, 0.3) is 0 Å². The first kappa shape index (κ1) is 9.28. The van der Waals surface area contributed by atoms with E-state index in [4.69, 9.17) is 0 Å². The quantitative estimate of drug-likeness (QED) is 0.563. The lowest BCUT2D eigenvalue weighted by atomic mass is 10.2. The SMILES string of the molecule is Sc1ccc[n+](Cc2ccccc2)c1. The zero-order valence-electron chi connectivity index (χ0n) is 7.80. The highest BCUT2D eigenvalue weighted by Crippen LogP contribution is 2.01. The Bertz CT molecular complexity index is 412. The zero-order valence-corrected chi connectivity index (χ0v) is 8.69. The molecule has 0 N–H and O–H groups in total. The van der Waals surface area contributed by atoms with Gasteiger partial charge in [-0.1, -0.05) is 30.3 Å². The Kier molecular flexibility index (Phi) is 2.84. The van der Waals surface area contributed by atoms with Crippen molar-refractivity contribution >= 4 is 12.6 Å². The molecule has 0 fully saturated rings. The van der Waals surface area contributed by atoms with Gasteiger partial charge in [0.15, 0.2) is 18.9 Å². The maximum Gasteiger partial charge on any atom is 0.182 e. The van der Waals surface area contributed by atoms with Crippen LogP contribution in [0.4, 0.5) is 0 Å². The smallest absolute Gasteiger partial charge is 0.182 e. The summed E-state index contributed by atoms with van der Waals surface area (Å²) in [6, 6.07) is 14.4. The fourth-order valence-corrected chi connectivity index (χ4v) is 1.64. The average molecular weight is 202 g/mol. The number of thiol groups is 1. The molecule has 2 heteroatoms. The van der Waals surface area contributed by atoms with Gasteiger partial charge in [0, 0.05) is 11.6 Å². The van der Waals surface area contributed by atoms with Crippen molar-refractivity contribution in [1.82, 2.24) is 0 Å². The van der Waals surface area contributed by atoms with Crippen molar-refractivity contribution in [3.63, 3.8) is 0 Å². The summed E-state index contributed by atoms with van der Waals surface area (Å²) < 4.78 is 2.12. The van der Waals surface area contributed by atoms with Gasteiger partial charge in [-0.3, -0.25) is 0 Å². The third-order valence-electron chi connectivity index (χ3n) is 2.05. The zero-order chi connectivity index (χ0) is 9.80. The molecule has 0 aliphatic heterocycles. The molecule has 0 unspecified atom stereocenters. The summed E-state index contributed by atoms with van der Waals surface area (Å²) in [7, 11) is 0. The lowest BCUT2D eigenvalue weighted by Gasteiger charge is -1.97. The van der Waals surface area contributed by atoms with E-state index in [0.29, 0.717) is 0 Å². The fourth-order valence-electron chi connectivity index (χ4n) is 1.40. The molecule has 0 aliphatic carbocycles. The van der Waals surface area contributed by atoms with Gasteiger partial charge >= 0.3 is 0 Å².